The molecule has 6 nitrogen and oxygen atoms in total. The third-order valence-corrected chi connectivity index (χ3v) is 5.05. The maximum atomic E-state index is 13.3. The minimum atomic E-state index is -1.08. The summed E-state index contributed by atoms with van der Waals surface area (Å²) < 4.78 is 5.16. The Labute approximate surface area is 174 Å². The molecular weight excluding hydrogens is 380 g/mol. The summed E-state index contributed by atoms with van der Waals surface area (Å²) in [4.78, 5) is 42.0. The van der Waals surface area contributed by atoms with Crippen molar-refractivity contribution in [1.29, 1.82) is 0 Å². The number of carbonyl (C=O) groups excluding carboxylic acids is 3. The summed E-state index contributed by atoms with van der Waals surface area (Å²) in [5.74, 6) is -1.48. The molecule has 0 aliphatic carbocycles. The van der Waals surface area contributed by atoms with Crippen LogP contribution in [0.25, 0.3) is 0 Å². The summed E-state index contributed by atoms with van der Waals surface area (Å²) in [5.41, 5.74) is 1.74. The normalized spacial score (nSPS) is 16.7. The van der Waals surface area contributed by atoms with E-state index in [1.54, 1.807) is 86.0 Å². The van der Waals surface area contributed by atoms with E-state index in [9.17, 15) is 14.4 Å². The van der Waals surface area contributed by atoms with Gasteiger partial charge in [0.1, 0.15) is 11.7 Å². The molecule has 150 valence electrons. The number of para-hydroxylation sites is 1. The highest BCUT2D eigenvalue weighted by Crippen LogP contribution is 2.31. The standard InChI is InChI=1S/C24H20N2O4/c1-30-20-14-12-17(13-15-20)16-25-22(27)21(18-8-4-2-5-9-18)23(28)26(24(25)29)19-10-6-3-7-11-19/h2-15,21H,16H2,1H3. The van der Waals surface area contributed by atoms with Crippen LogP contribution in [-0.4, -0.2) is 29.9 Å². The molecule has 0 saturated carbocycles. The molecule has 6 heteroatoms. The monoisotopic (exact) mass is 400 g/mol. The van der Waals surface area contributed by atoms with E-state index in [0.717, 1.165) is 15.4 Å². The molecule has 1 fully saturated rings. The van der Waals surface area contributed by atoms with Crippen molar-refractivity contribution < 1.29 is 19.1 Å². The summed E-state index contributed by atoms with van der Waals surface area (Å²) in [6, 6.07) is 23.9. The third-order valence-electron chi connectivity index (χ3n) is 5.05. The second-order valence-corrected chi connectivity index (χ2v) is 6.91. The Morgan fingerprint density at radius 3 is 1.97 bits per heavy atom. The molecule has 0 spiro atoms. The molecule has 0 radical (unpaired) electrons. The van der Waals surface area contributed by atoms with Crippen LogP contribution in [0.2, 0.25) is 0 Å². The number of barbiturate groups is 1. The first-order chi connectivity index (χ1) is 14.6. The van der Waals surface area contributed by atoms with E-state index in [2.05, 4.69) is 0 Å². The maximum Gasteiger partial charge on any atom is 0.338 e. The second kappa shape index (κ2) is 8.21. The van der Waals surface area contributed by atoms with E-state index in [4.69, 9.17) is 4.74 Å². The van der Waals surface area contributed by atoms with Gasteiger partial charge in [-0.2, -0.15) is 0 Å². The molecule has 1 saturated heterocycles. The highest BCUT2D eigenvalue weighted by molar-refractivity contribution is 6.29. The van der Waals surface area contributed by atoms with Crippen molar-refractivity contribution in [3.8, 4) is 5.75 Å². The fourth-order valence-electron chi connectivity index (χ4n) is 3.50. The summed E-state index contributed by atoms with van der Waals surface area (Å²) >= 11 is 0. The van der Waals surface area contributed by atoms with Gasteiger partial charge >= 0.3 is 6.03 Å². The molecule has 1 unspecified atom stereocenters. The minimum Gasteiger partial charge on any atom is -0.497 e. The number of hydrogen-bond donors (Lipinski definition) is 0. The van der Waals surface area contributed by atoms with Gasteiger partial charge in [0.15, 0.2) is 0 Å². The SMILES string of the molecule is COc1ccc(CN2C(=O)C(c3ccccc3)C(=O)N(c3ccccc3)C2=O)cc1. The van der Waals surface area contributed by atoms with Crippen molar-refractivity contribution in [2.24, 2.45) is 0 Å². The third kappa shape index (κ3) is 3.55. The second-order valence-electron chi connectivity index (χ2n) is 6.91. The highest BCUT2D eigenvalue weighted by atomic mass is 16.5. The van der Waals surface area contributed by atoms with Crippen LogP contribution < -0.4 is 9.64 Å². The van der Waals surface area contributed by atoms with E-state index in [-0.39, 0.29) is 6.54 Å². The van der Waals surface area contributed by atoms with Crippen LogP contribution in [0.3, 0.4) is 0 Å². The van der Waals surface area contributed by atoms with Gasteiger partial charge in [0, 0.05) is 0 Å². The van der Waals surface area contributed by atoms with Gasteiger partial charge in [-0.25, -0.2) is 9.69 Å². The van der Waals surface area contributed by atoms with Gasteiger partial charge in [0.25, 0.3) is 5.91 Å². The van der Waals surface area contributed by atoms with Gasteiger partial charge in [0.2, 0.25) is 5.91 Å². The molecule has 4 rings (SSSR count). The first kappa shape index (κ1) is 19.4. The summed E-state index contributed by atoms with van der Waals surface area (Å²) in [5, 5.41) is 0. The van der Waals surface area contributed by atoms with Crippen LogP contribution in [0.1, 0.15) is 17.0 Å². The predicted octanol–water partition coefficient (Wildman–Crippen LogP) is 3.97. The van der Waals surface area contributed by atoms with Crippen LogP contribution >= 0.6 is 0 Å². The highest BCUT2D eigenvalue weighted by Gasteiger charge is 2.47. The number of methoxy groups -OCH3 is 1. The number of hydrogen-bond acceptors (Lipinski definition) is 4. The zero-order chi connectivity index (χ0) is 21.1. The Hall–Kier alpha value is -3.93. The quantitative estimate of drug-likeness (QED) is 0.608. The molecule has 1 aliphatic heterocycles. The van der Waals surface area contributed by atoms with Crippen molar-refractivity contribution in [2.45, 2.75) is 12.5 Å². The van der Waals surface area contributed by atoms with E-state index >= 15 is 0 Å². The number of nitrogens with zero attached hydrogens (tertiary/aromatic N) is 2. The molecule has 30 heavy (non-hydrogen) atoms. The van der Waals surface area contributed by atoms with E-state index in [1.807, 2.05) is 6.07 Å². The first-order valence-electron chi connectivity index (χ1n) is 9.52. The van der Waals surface area contributed by atoms with Gasteiger partial charge in [-0.3, -0.25) is 14.5 Å². The molecule has 0 aromatic heterocycles. The number of amides is 4. The first-order valence-corrected chi connectivity index (χ1v) is 9.52. The Balaban J connectivity index is 1.74. The van der Waals surface area contributed by atoms with Crippen LogP contribution in [-0.2, 0) is 16.1 Å². The molecular formula is C24H20N2O4. The lowest BCUT2D eigenvalue weighted by Gasteiger charge is -2.37. The molecule has 3 aromatic rings. The molecule has 1 atom stereocenters. The molecule has 3 aromatic carbocycles. The Kier molecular flexibility index (Phi) is 5.30. The largest absolute Gasteiger partial charge is 0.497 e. The number of rotatable bonds is 5. The Morgan fingerprint density at radius 1 is 0.767 bits per heavy atom. The maximum absolute atomic E-state index is 13.3. The average molecular weight is 400 g/mol. The number of anilines is 1. The molecule has 0 N–H and O–H groups in total. The lowest BCUT2D eigenvalue weighted by atomic mass is 9.93. The van der Waals surface area contributed by atoms with Crippen molar-refractivity contribution in [3.63, 3.8) is 0 Å². The zero-order valence-electron chi connectivity index (χ0n) is 16.4. The van der Waals surface area contributed by atoms with Gasteiger partial charge in [-0.15, -0.1) is 0 Å². The van der Waals surface area contributed by atoms with Crippen molar-refractivity contribution >= 4 is 23.5 Å². The number of imide groups is 2. The fourth-order valence-corrected chi connectivity index (χ4v) is 3.50. The van der Waals surface area contributed by atoms with Crippen molar-refractivity contribution in [2.75, 3.05) is 12.0 Å². The summed E-state index contributed by atoms with van der Waals surface area (Å²) in [6.45, 7) is 0.0572. The number of ether oxygens (including phenoxy) is 1. The van der Waals surface area contributed by atoms with Crippen molar-refractivity contribution in [1.82, 2.24) is 4.90 Å². The van der Waals surface area contributed by atoms with E-state index in [0.29, 0.717) is 17.0 Å². The summed E-state index contributed by atoms with van der Waals surface area (Å²) in [6.07, 6.45) is 0. The lowest BCUT2D eigenvalue weighted by Crippen LogP contribution is -2.58. The topological polar surface area (TPSA) is 66.9 Å². The number of urea groups is 1. The fraction of sp³-hybridized carbons (Fsp3) is 0.125. The molecule has 1 aliphatic rings. The van der Waals surface area contributed by atoms with Gasteiger partial charge < -0.3 is 4.74 Å². The van der Waals surface area contributed by atoms with Gasteiger partial charge in [0.05, 0.1) is 19.3 Å². The summed E-state index contributed by atoms with van der Waals surface area (Å²) in [7, 11) is 1.57. The van der Waals surface area contributed by atoms with Crippen molar-refractivity contribution in [3.05, 3.63) is 96.1 Å². The van der Waals surface area contributed by atoms with Gasteiger partial charge in [-0.1, -0.05) is 60.7 Å². The van der Waals surface area contributed by atoms with E-state index < -0.39 is 23.8 Å². The average Bonchev–Trinajstić information content (AvgIpc) is 2.79. The Bertz CT molecular complexity index is 1000. The molecule has 1 heterocycles. The lowest BCUT2D eigenvalue weighted by molar-refractivity contribution is -0.137. The van der Waals surface area contributed by atoms with Crippen LogP contribution in [0, 0.1) is 0 Å². The number of benzene rings is 3. The van der Waals surface area contributed by atoms with Crippen LogP contribution in [0.4, 0.5) is 10.5 Å². The van der Waals surface area contributed by atoms with E-state index in [1.165, 1.54) is 0 Å². The predicted molar refractivity (Wildman–Crippen MR) is 112 cm³/mol. The van der Waals surface area contributed by atoms with Crippen LogP contribution in [0.5, 0.6) is 5.75 Å². The smallest absolute Gasteiger partial charge is 0.338 e. The zero-order valence-corrected chi connectivity index (χ0v) is 16.4. The molecule has 4 amide bonds. The Morgan fingerprint density at radius 2 is 1.37 bits per heavy atom. The van der Waals surface area contributed by atoms with Gasteiger partial charge in [-0.05, 0) is 35.4 Å². The minimum absolute atomic E-state index is 0.0572. The van der Waals surface area contributed by atoms with Crippen LogP contribution in [0.15, 0.2) is 84.9 Å². The molecule has 0 bridgehead atoms. The number of carbonyl (C=O) groups is 3.